The van der Waals surface area contributed by atoms with Gasteiger partial charge < -0.3 is 9.88 Å². The molecule has 2 aromatic rings. The van der Waals surface area contributed by atoms with Gasteiger partial charge in [0.05, 0.1) is 6.20 Å². The number of aromatic nitrogens is 3. The van der Waals surface area contributed by atoms with Crippen LogP contribution in [0.25, 0.3) is 5.82 Å². The van der Waals surface area contributed by atoms with Gasteiger partial charge in [0.1, 0.15) is 11.4 Å². The lowest BCUT2D eigenvalue weighted by Gasteiger charge is -2.59. The van der Waals surface area contributed by atoms with Crippen LogP contribution >= 0.6 is 0 Å². The monoisotopic (exact) mass is 352 g/mol. The highest BCUT2D eigenvalue weighted by molar-refractivity contribution is 5.97. The zero-order valence-electron chi connectivity index (χ0n) is 15.7. The number of hydrogen-bond donors (Lipinski definition) is 1. The Morgan fingerprint density at radius 2 is 1.73 bits per heavy atom. The van der Waals surface area contributed by atoms with E-state index in [1.165, 1.54) is 38.5 Å². The zero-order valence-corrected chi connectivity index (χ0v) is 15.7. The molecule has 0 aliphatic heterocycles. The number of hydrogen-bond acceptors (Lipinski definition) is 2. The van der Waals surface area contributed by atoms with Crippen LogP contribution in [-0.2, 0) is 7.05 Å². The molecule has 26 heavy (non-hydrogen) atoms. The van der Waals surface area contributed by atoms with Crippen molar-refractivity contribution in [3.8, 4) is 5.82 Å². The highest BCUT2D eigenvalue weighted by Crippen LogP contribution is 2.61. The first-order valence-corrected chi connectivity index (χ1v) is 10.0. The molecule has 4 aliphatic rings. The Hall–Kier alpha value is -2.04. The van der Waals surface area contributed by atoms with E-state index in [0.29, 0.717) is 11.0 Å². The van der Waals surface area contributed by atoms with E-state index < -0.39 is 0 Å². The van der Waals surface area contributed by atoms with Gasteiger partial charge in [-0.15, -0.1) is 0 Å². The van der Waals surface area contributed by atoms with Gasteiger partial charge in [0.2, 0.25) is 0 Å². The fourth-order valence-corrected chi connectivity index (χ4v) is 6.51. The maximum atomic E-state index is 13.1. The van der Waals surface area contributed by atoms with E-state index in [9.17, 15) is 4.79 Å². The highest BCUT2D eigenvalue weighted by Gasteiger charge is 2.53. The molecule has 5 nitrogen and oxygen atoms in total. The minimum Gasteiger partial charge on any atom is -0.349 e. The van der Waals surface area contributed by atoms with Crippen molar-refractivity contribution in [2.24, 2.45) is 30.2 Å². The van der Waals surface area contributed by atoms with E-state index in [2.05, 4.69) is 17.3 Å². The van der Waals surface area contributed by atoms with Crippen LogP contribution in [0.5, 0.6) is 0 Å². The summed E-state index contributed by atoms with van der Waals surface area (Å²) in [7, 11) is 1.88. The minimum atomic E-state index is 0.00467. The molecule has 0 radical (unpaired) electrons. The lowest BCUT2D eigenvalue weighted by Crippen LogP contribution is -2.55. The van der Waals surface area contributed by atoms with Crippen LogP contribution < -0.4 is 5.32 Å². The number of rotatable bonds is 4. The fourth-order valence-electron chi connectivity index (χ4n) is 6.51. The van der Waals surface area contributed by atoms with Crippen LogP contribution in [0.1, 0.15) is 55.8 Å². The maximum absolute atomic E-state index is 13.1. The van der Waals surface area contributed by atoms with Gasteiger partial charge in [-0.25, -0.2) is 0 Å². The zero-order chi connectivity index (χ0) is 17.9. The molecule has 0 spiro atoms. The first-order valence-electron chi connectivity index (χ1n) is 10.0. The Labute approximate surface area is 154 Å². The van der Waals surface area contributed by atoms with Gasteiger partial charge in [-0.3, -0.25) is 9.48 Å². The predicted octanol–water partition coefficient (Wildman–Crippen LogP) is 3.55. The Kier molecular flexibility index (Phi) is 3.56. The second-order valence-corrected chi connectivity index (χ2v) is 9.07. The summed E-state index contributed by atoms with van der Waals surface area (Å²) in [4.78, 5) is 13.1. The molecule has 0 aromatic carbocycles. The van der Waals surface area contributed by atoms with Gasteiger partial charge in [-0.05, 0) is 80.8 Å². The Balaban J connectivity index is 1.38. The molecule has 1 unspecified atom stereocenters. The summed E-state index contributed by atoms with van der Waals surface area (Å²) in [5, 5.41) is 7.69. The second-order valence-electron chi connectivity index (χ2n) is 9.07. The highest BCUT2D eigenvalue weighted by atomic mass is 16.1. The molecule has 138 valence electrons. The van der Waals surface area contributed by atoms with Gasteiger partial charge in [-0.2, -0.15) is 5.10 Å². The Morgan fingerprint density at radius 1 is 1.15 bits per heavy atom. The van der Waals surface area contributed by atoms with Crippen molar-refractivity contribution < 1.29 is 4.79 Å². The molecule has 4 saturated carbocycles. The first-order chi connectivity index (χ1) is 12.5. The summed E-state index contributed by atoms with van der Waals surface area (Å²) in [6.07, 6.45) is 13.8. The van der Waals surface area contributed by atoms with Crippen molar-refractivity contribution in [1.29, 1.82) is 0 Å². The summed E-state index contributed by atoms with van der Waals surface area (Å²) in [6.45, 7) is 2.23. The van der Waals surface area contributed by atoms with E-state index in [1.54, 1.807) is 10.9 Å². The molecule has 6 rings (SSSR count). The largest absolute Gasteiger partial charge is 0.349 e. The average Bonchev–Trinajstić information content (AvgIpc) is 3.22. The van der Waals surface area contributed by atoms with Crippen molar-refractivity contribution in [2.45, 2.75) is 51.5 Å². The van der Waals surface area contributed by atoms with Gasteiger partial charge in [0.15, 0.2) is 0 Å². The van der Waals surface area contributed by atoms with Crippen LogP contribution in [0.15, 0.2) is 30.7 Å². The Morgan fingerprint density at radius 3 is 2.31 bits per heavy atom. The third kappa shape index (κ3) is 2.43. The summed E-state index contributed by atoms with van der Waals surface area (Å²) in [5.41, 5.74) is 0.973. The normalized spacial score (nSPS) is 33.4. The molecule has 2 aromatic heterocycles. The van der Waals surface area contributed by atoms with Crippen molar-refractivity contribution in [3.05, 3.63) is 36.3 Å². The summed E-state index contributed by atoms with van der Waals surface area (Å²) >= 11 is 0. The van der Waals surface area contributed by atoms with E-state index in [4.69, 9.17) is 0 Å². The lowest BCUT2D eigenvalue weighted by molar-refractivity contribution is -0.0688. The average molecular weight is 352 g/mol. The van der Waals surface area contributed by atoms with Gasteiger partial charge in [0.25, 0.3) is 5.91 Å². The van der Waals surface area contributed by atoms with Crippen molar-refractivity contribution in [2.75, 3.05) is 0 Å². The molecule has 1 N–H and O–H groups in total. The van der Waals surface area contributed by atoms with Crippen LogP contribution in [-0.4, -0.2) is 26.3 Å². The summed E-state index contributed by atoms with van der Waals surface area (Å²) < 4.78 is 3.72. The van der Waals surface area contributed by atoms with Crippen LogP contribution in [0, 0.1) is 23.2 Å². The fraction of sp³-hybridized carbons (Fsp3) is 0.619. The standard InChI is InChI=1S/C21H28N4O/c1-14(21-10-15-7-16(11-21)9-17(8-15)12-21)23-19(26)18-13-22-24(2)20(18)25-5-3-4-6-25/h3-6,13-17H,7-12H2,1-2H3,(H,23,26). The first kappa shape index (κ1) is 16.2. The van der Waals surface area contributed by atoms with E-state index in [-0.39, 0.29) is 11.9 Å². The van der Waals surface area contributed by atoms with Gasteiger partial charge in [0, 0.05) is 25.5 Å². The molecule has 4 fully saturated rings. The molecule has 1 amide bonds. The molecule has 0 saturated heterocycles. The molecule has 2 heterocycles. The smallest absolute Gasteiger partial charge is 0.256 e. The van der Waals surface area contributed by atoms with Crippen LogP contribution in [0.2, 0.25) is 0 Å². The molecule has 1 atom stereocenters. The maximum Gasteiger partial charge on any atom is 0.256 e. The van der Waals surface area contributed by atoms with Crippen molar-refractivity contribution >= 4 is 5.91 Å². The third-order valence-corrected chi connectivity index (χ3v) is 7.35. The van der Waals surface area contributed by atoms with Crippen molar-refractivity contribution in [3.63, 3.8) is 0 Å². The van der Waals surface area contributed by atoms with Gasteiger partial charge >= 0.3 is 0 Å². The van der Waals surface area contributed by atoms with E-state index >= 15 is 0 Å². The summed E-state index contributed by atoms with van der Waals surface area (Å²) in [5.74, 6) is 3.52. The Bertz CT molecular complexity index is 784. The number of nitrogens with one attached hydrogen (secondary N) is 1. The SMILES string of the molecule is CC(NC(=O)c1cnn(C)c1-n1cccc1)C12CC3CC(CC(C3)C1)C2. The van der Waals surface area contributed by atoms with Crippen LogP contribution in [0.3, 0.4) is 0 Å². The molecular weight excluding hydrogens is 324 g/mol. The number of amides is 1. The minimum absolute atomic E-state index is 0.00467. The van der Waals surface area contributed by atoms with E-state index in [1.807, 2.05) is 36.1 Å². The van der Waals surface area contributed by atoms with Crippen LogP contribution in [0.4, 0.5) is 0 Å². The second kappa shape index (κ2) is 5.73. The molecule has 4 bridgehead atoms. The number of carbonyl (C=O) groups excluding carboxylic acids is 1. The quantitative estimate of drug-likeness (QED) is 0.915. The van der Waals surface area contributed by atoms with Crippen molar-refractivity contribution in [1.82, 2.24) is 19.7 Å². The predicted molar refractivity (Wildman–Crippen MR) is 100 cm³/mol. The van der Waals surface area contributed by atoms with Gasteiger partial charge in [-0.1, -0.05) is 0 Å². The number of nitrogens with zero attached hydrogens (tertiary/aromatic N) is 3. The topological polar surface area (TPSA) is 51.9 Å². The molecule has 5 heteroatoms. The summed E-state index contributed by atoms with van der Waals surface area (Å²) in [6, 6.07) is 4.15. The lowest BCUT2D eigenvalue weighted by atomic mass is 9.48. The number of aryl methyl sites for hydroxylation is 1. The third-order valence-electron chi connectivity index (χ3n) is 7.35. The number of carbonyl (C=O) groups is 1. The molecule has 4 aliphatic carbocycles. The van der Waals surface area contributed by atoms with E-state index in [0.717, 1.165) is 23.6 Å². The molecular formula is C21H28N4O.